The lowest BCUT2D eigenvalue weighted by molar-refractivity contribution is -0.152. The molecule has 0 aromatic rings. The van der Waals surface area contributed by atoms with Crippen LogP contribution in [0.25, 0.3) is 0 Å². The quantitative estimate of drug-likeness (QED) is 0.460. The maximum Gasteiger partial charge on any atom is 0.309 e. The third-order valence-electron chi connectivity index (χ3n) is 2.42. The van der Waals surface area contributed by atoms with Gasteiger partial charge in [-0.1, -0.05) is 37.5 Å². The monoisotopic (exact) mass is 244 g/mol. The van der Waals surface area contributed by atoms with E-state index < -0.39 is 12.1 Å². The van der Waals surface area contributed by atoms with Crippen LogP contribution >= 0.6 is 0 Å². The van der Waals surface area contributed by atoms with Crippen molar-refractivity contribution in [1.82, 2.24) is 0 Å². The highest BCUT2D eigenvalue weighted by molar-refractivity contribution is 5.72. The highest BCUT2D eigenvalue weighted by Gasteiger charge is 2.20. The Morgan fingerprint density at radius 1 is 1.06 bits per heavy atom. The second-order valence-electron chi connectivity index (χ2n) is 4.55. The lowest BCUT2D eigenvalue weighted by Gasteiger charge is -2.16. The van der Waals surface area contributed by atoms with Gasteiger partial charge >= 0.3 is 5.97 Å². The highest BCUT2D eigenvalue weighted by Crippen LogP contribution is 2.14. The van der Waals surface area contributed by atoms with Gasteiger partial charge in [-0.3, -0.25) is 4.79 Å². The van der Waals surface area contributed by atoms with Gasteiger partial charge in [-0.15, -0.1) is 0 Å². The van der Waals surface area contributed by atoms with Gasteiger partial charge in [-0.05, 0) is 12.3 Å². The van der Waals surface area contributed by atoms with Crippen molar-refractivity contribution in [1.29, 1.82) is 0 Å². The minimum absolute atomic E-state index is 0.228. The SMILES string of the molecule is CC(C)CCC(C)C(=O)OC(CN=O)CN=O. The number of carbonyl (C=O) groups excluding carboxylic acids is 1. The average molecular weight is 244 g/mol. The Morgan fingerprint density at radius 2 is 1.59 bits per heavy atom. The van der Waals surface area contributed by atoms with Gasteiger partial charge in [-0.25, -0.2) is 0 Å². The van der Waals surface area contributed by atoms with Crippen molar-refractivity contribution in [2.45, 2.75) is 39.7 Å². The van der Waals surface area contributed by atoms with Gasteiger partial charge in [0.1, 0.15) is 19.2 Å². The number of esters is 1. The van der Waals surface area contributed by atoms with E-state index in [2.05, 4.69) is 24.2 Å². The molecule has 0 bridgehead atoms. The Kier molecular flexibility index (Phi) is 8.09. The van der Waals surface area contributed by atoms with Crippen LogP contribution in [-0.4, -0.2) is 25.2 Å². The Bertz CT molecular complexity index is 246. The molecule has 6 nitrogen and oxygen atoms in total. The fourth-order valence-corrected chi connectivity index (χ4v) is 1.28. The van der Waals surface area contributed by atoms with Crippen LogP contribution in [0.5, 0.6) is 0 Å². The Labute approximate surface area is 101 Å². The van der Waals surface area contributed by atoms with Gasteiger partial charge in [0.15, 0.2) is 0 Å². The first-order valence-electron chi connectivity index (χ1n) is 5.80. The van der Waals surface area contributed by atoms with Crippen LogP contribution in [-0.2, 0) is 9.53 Å². The van der Waals surface area contributed by atoms with Crippen LogP contribution in [0.1, 0.15) is 33.6 Å². The zero-order valence-electron chi connectivity index (χ0n) is 10.6. The van der Waals surface area contributed by atoms with Crippen molar-refractivity contribution < 1.29 is 9.53 Å². The average Bonchev–Trinajstić information content (AvgIpc) is 2.26. The molecule has 0 radical (unpaired) electrons. The summed E-state index contributed by atoms with van der Waals surface area (Å²) in [4.78, 5) is 31.7. The summed E-state index contributed by atoms with van der Waals surface area (Å²) >= 11 is 0. The summed E-state index contributed by atoms with van der Waals surface area (Å²) in [5.41, 5.74) is 0. The van der Waals surface area contributed by atoms with E-state index in [-0.39, 0.29) is 19.0 Å². The van der Waals surface area contributed by atoms with E-state index in [0.29, 0.717) is 5.92 Å². The van der Waals surface area contributed by atoms with E-state index in [4.69, 9.17) is 4.74 Å². The predicted octanol–water partition coefficient (Wildman–Crippen LogP) is 2.50. The van der Waals surface area contributed by atoms with E-state index in [1.807, 2.05) is 0 Å². The van der Waals surface area contributed by atoms with E-state index in [9.17, 15) is 14.6 Å². The molecule has 0 fully saturated rings. The van der Waals surface area contributed by atoms with E-state index in [0.717, 1.165) is 12.8 Å². The van der Waals surface area contributed by atoms with Crippen LogP contribution < -0.4 is 0 Å². The fourth-order valence-electron chi connectivity index (χ4n) is 1.28. The molecule has 0 aromatic carbocycles. The number of nitroso groups, excluding NO2 is 2. The van der Waals surface area contributed by atoms with E-state index in [1.54, 1.807) is 6.92 Å². The van der Waals surface area contributed by atoms with Crippen LogP contribution in [0.15, 0.2) is 10.4 Å². The molecule has 0 amide bonds. The van der Waals surface area contributed by atoms with Crippen molar-refractivity contribution in [3.05, 3.63) is 9.81 Å². The summed E-state index contributed by atoms with van der Waals surface area (Å²) in [5, 5.41) is 5.23. The minimum Gasteiger partial charge on any atom is -0.458 e. The molecule has 0 rings (SSSR count). The predicted molar refractivity (Wildman–Crippen MR) is 64.4 cm³/mol. The van der Waals surface area contributed by atoms with Crippen LogP contribution in [0.2, 0.25) is 0 Å². The molecule has 0 heterocycles. The molecule has 6 heteroatoms. The molecule has 0 saturated carbocycles. The lowest BCUT2D eigenvalue weighted by atomic mass is 9.99. The largest absolute Gasteiger partial charge is 0.458 e. The molecule has 17 heavy (non-hydrogen) atoms. The summed E-state index contributed by atoms with van der Waals surface area (Å²) in [6.45, 7) is 5.47. The van der Waals surface area contributed by atoms with Crippen molar-refractivity contribution >= 4 is 5.97 Å². The number of hydrogen-bond acceptors (Lipinski definition) is 6. The second-order valence-corrected chi connectivity index (χ2v) is 4.55. The van der Waals surface area contributed by atoms with Gasteiger partial charge < -0.3 is 4.74 Å². The van der Waals surface area contributed by atoms with Crippen LogP contribution in [0.3, 0.4) is 0 Å². The molecule has 0 spiro atoms. The third kappa shape index (κ3) is 7.54. The van der Waals surface area contributed by atoms with Gasteiger partial charge in [0.2, 0.25) is 0 Å². The number of ether oxygens (including phenoxy) is 1. The molecule has 0 N–H and O–H groups in total. The minimum atomic E-state index is -0.820. The zero-order valence-corrected chi connectivity index (χ0v) is 10.6. The van der Waals surface area contributed by atoms with Crippen molar-refractivity contribution in [2.24, 2.45) is 22.2 Å². The summed E-state index contributed by atoms with van der Waals surface area (Å²) in [7, 11) is 0. The number of rotatable bonds is 9. The van der Waals surface area contributed by atoms with Gasteiger partial charge in [0, 0.05) is 0 Å². The summed E-state index contributed by atoms with van der Waals surface area (Å²) in [6.07, 6.45) is 0.837. The lowest BCUT2D eigenvalue weighted by Crippen LogP contribution is -2.27. The molecule has 0 aliphatic rings. The molecule has 0 saturated heterocycles. The maximum atomic E-state index is 11.6. The molecular weight excluding hydrogens is 224 g/mol. The first-order chi connectivity index (χ1) is 8.01. The first-order valence-corrected chi connectivity index (χ1v) is 5.80. The molecule has 0 aliphatic heterocycles. The Morgan fingerprint density at radius 3 is 2.00 bits per heavy atom. The standard InChI is InChI=1S/C11H20N2O4/c1-8(2)4-5-9(3)11(14)17-10(6-12-15)7-13-16/h8-10H,4-7H2,1-3H3. The third-order valence-corrected chi connectivity index (χ3v) is 2.42. The molecule has 0 aromatic heterocycles. The zero-order chi connectivity index (χ0) is 13.3. The topological polar surface area (TPSA) is 85.2 Å². The van der Waals surface area contributed by atoms with Gasteiger partial charge in [0.05, 0.1) is 5.92 Å². The molecule has 0 aliphatic carbocycles. The molecule has 1 unspecified atom stereocenters. The van der Waals surface area contributed by atoms with Crippen molar-refractivity contribution in [3.63, 3.8) is 0 Å². The van der Waals surface area contributed by atoms with Crippen LogP contribution in [0.4, 0.5) is 0 Å². The number of hydrogen-bond donors (Lipinski definition) is 0. The molecular formula is C11H20N2O4. The van der Waals surface area contributed by atoms with E-state index >= 15 is 0 Å². The summed E-state index contributed by atoms with van der Waals surface area (Å²) in [5.74, 6) is -0.115. The van der Waals surface area contributed by atoms with Crippen LogP contribution in [0, 0.1) is 21.6 Å². The van der Waals surface area contributed by atoms with Gasteiger partial charge in [0.25, 0.3) is 0 Å². The number of nitrogens with zero attached hydrogens (tertiary/aromatic N) is 2. The van der Waals surface area contributed by atoms with Gasteiger partial charge in [-0.2, -0.15) is 9.81 Å². The summed E-state index contributed by atoms with van der Waals surface area (Å²) in [6, 6.07) is 0. The second kappa shape index (κ2) is 8.78. The normalized spacial score (nSPS) is 12.5. The maximum absolute atomic E-state index is 11.6. The van der Waals surface area contributed by atoms with E-state index in [1.165, 1.54) is 0 Å². The smallest absolute Gasteiger partial charge is 0.309 e. The fraction of sp³-hybridized carbons (Fsp3) is 0.909. The Balaban J connectivity index is 4.09. The molecule has 98 valence electrons. The van der Waals surface area contributed by atoms with Crippen molar-refractivity contribution in [2.75, 3.05) is 13.1 Å². The van der Waals surface area contributed by atoms with Crippen molar-refractivity contribution in [3.8, 4) is 0 Å². The summed E-state index contributed by atoms with van der Waals surface area (Å²) < 4.78 is 5.00. The number of carbonyl (C=O) groups is 1. The molecule has 1 atom stereocenters. The Hall–Kier alpha value is -1.33. The highest BCUT2D eigenvalue weighted by atomic mass is 16.5. The first kappa shape index (κ1) is 15.7.